The van der Waals surface area contributed by atoms with Gasteiger partial charge in [-0.2, -0.15) is 0 Å². The summed E-state index contributed by atoms with van der Waals surface area (Å²) >= 11 is 0. The Hall–Kier alpha value is -1.36. The van der Waals surface area contributed by atoms with Gasteiger partial charge in [0.2, 0.25) is 0 Å². The Balaban J connectivity index is 1.81. The second-order valence-electron chi connectivity index (χ2n) is 4.86. The Labute approximate surface area is 114 Å². The van der Waals surface area contributed by atoms with Gasteiger partial charge >= 0.3 is 0 Å². The minimum Gasteiger partial charge on any atom is -0.486 e. The summed E-state index contributed by atoms with van der Waals surface area (Å²) in [6, 6.07) is 5.39. The summed E-state index contributed by atoms with van der Waals surface area (Å²) in [5.74, 6) is 1.58. The van der Waals surface area contributed by atoms with E-state index in [1.165, 1.54) is 0 Å². The molecule has 1 heterocycles. The summed E-state index contributed by atoms with van der Waals surface area (Å²) in [6.45, 7) is 1.07. The number of carbonyl (C=O) groups excluding carboxylic acids is 1. The van der Waals surface area contributed by atoms with Crippen LogP contribution in [0, 0.1) is 0 Å². The van der Waals surface area contributed by atoms with E-state index in [1.54, 1.807) is 12.1 Å². The van der Waals surface area contributed by atoms with Crippen molar-refractivity contribution in [2.24, 2.45) is 0 Å². The maximum atomic E-state index is 12.5. The number of Topliss-reactive ketones (excluding diaryl/α,β-unsaturated/α-hetero) is 1. The zero-order chi connectivity index (χ0) is 13.2. The molecule has 0 radical (unpaired) electrons. The van der Waals surface area contributed by atoms with E-state index in [9.17, 15) is 9.00 Å². The number of carbonyl (C=O) groups is 1. The molecule has 2 atom stereocenters. The summed E-state index contributed by atoms with van der Waals surface area (Å²) in [6.07, 6.45) is 2.77. The van der Waals surface area contributed by atoms with Gasteiger partial charge in [-0.15, -0.1) is 0 Å². The summed E-state index contributed by atoms with van der Waals surface area (Å²) in [4.78, 5) is 12.2. The number of benzene rings is 1. The molecule has 3 rings (SSSR count). The zero-order valence-electron chi connectivity index (χ0n) is 10.6. The molecular formula is C14H16O4S. The first-order valence-electron chi connectivity index (χ1n) is 6.56. The second-order valence-corrected chi connectivity index (χ2v) is 6.59. The highest BCUT2D eigenvalue weighted by atomic mass is 32.2. The number of rotatable bonds is 2. The van der Waals surface area contributed by atoms with Crippen molar-refractivity contribution in [3.63, 3.8) is 0 Å². The minimum absolute atomic E-state index is 0.0520. The first-order valence-corrected chi connectivity index (χ1v) is 7.77. The highest BCUT2D eigenvalue weighted by Gasteiger charge is 2.26. The Kier molecular flexibility index (Phi) is 3.55. The first kappa shape index (κ1) is 12.7. The van der Waals surface area contributed by atoms with Crippen molar-refractivity contribution in [3.8, 4) is 11.5 Å². The van der Waals surface area contributed by atoms with Crippen molar-refractivity contribution < 1.29 is 18.5 Å². The van der Waals surface area contributed by atoms with Crippen LogP contribution >= 0.6 is 0 Å². The summed E-state index contributed by atoms with van der Waals surface area (Å²) < 4.78 is 23.4. The highest BCUT2D eigenvalue weighted by molar-refractivity contribution is 7.85. The van der Waals surface area contributed by atoms with Crippen LogP contribution in [0.1, 0.15) is 25.7 Å². The summed E-state index contributed by atoms with van der Waals surface area (Å²) in [7, 11) is -1.14. The zero-order valence-corrected chi connectivity index (χ0v) is 11.4. The van der Waals surface area contributed by atoms with Gasteiger partial charge in [0, 0.05) is 29.1 Å². The van der Waals surface area contributed by atoms with Crippen LogP contribution in [0.4, 0.5) is 0 Å². The van der Waals surface area contributed by atoms with Gasteiger partial charge in [-0.3, -0.25) is 9.00 Å². The molecule has 0 aromatic heterocycles. The van der Waals surface area contributed by atoms with Gasteiger partial charge in [0.25, 0.3) is 0 Å². The van der Waals surface area contributed by atoms with Crippen molar-refractivity contribution in [3.05, 3.63) is 18.2 Å². The lowest BCUT2D eigenvalue weighted by molar-refractivity contribution is -0.120. The molecule has 1 aromatic carbocycles. The van der Waals surface area contributed by atoms with Crippen molar-refractivity contribution in [2.75, 3.05) is 13.2 Å². The summed E-state index contributed by atoms with van der Waals surface area (Å²) in [5, 5.41) is -0.0520. The number of hydrogen-bond donors (Lipinski definition) is 0. The fourth-order valence-electron chi connectivity index (χ4n) is 2.51. The molecule has 1 saturated carbocycles. The van der Waals surface area contributed by atoms with Crippen molar-refractivity contribution in [2.45, 2.75) is 35.8 Å². The molecule has 2 unspecified atom stereocenters. The molecule has 0 amide bonds. The predicted octanol–water partition coefficient (Wildman–Crippen LogP) is 2.08. The molecule has 0 bridgehead atoms. The predicted molar refractivity (Wildman–Crippen MR) is 71.1 cm³/mol. The minimum atomic E-state index is -1.14. The van der Waals surface area contributed by atoms with Gasteiger partial charge in [0.15, 0.2) is 11.5 Å². The largest absolute Gasteiger partial charge is 0.486 e. The van der Waals surface area contributed by atoms with E-state index in [1.807, 2.05) is 6.07 Å². The van der Waals surface area contributed by atoms with Crippen molar-refractivity contribution in [1.82, 2.24) is 0 Å². The standard InChI is InChI=1S/C14H16O4S/c15-10-2-1-3-11(8-10)19(16)12-4-5-13-14(9-12)18-7-6-17-13/h4-5,9,11H,1-3,6-8H2. The Morgan fingerprint density at radius 1 is 1.16 bits per heavy atom. The number of ether oxygens (including phenoxy) is 2. The lowest BCUT2D eigenvalue weighted by atomic mass is 9.99. The molecule has 2 aliphatic rings. The van der Waals surface area contributed by atoms with E-state index < -0.39 is 10.8 Å². The monoisotopic (exact) mass is 280 g/mol. The van der Waals surface area contributed by atoms with Crippen molar-refractivity contribution >= 4 is 16.6 Å². The summed E-state index contributed by atoms with van der Waals surface area (Å²) in [5.41, 5.74) is 0. The average molecular weight is 280 g/mol. The lowest BCUT2D eigenvalue weighted by Gasteiger charge is -2.22. The molecule has 102 valence electrons. The third-order valence-corrected chi connectivity index (χ3v) is 5.21. The molecule has 1 aromatic rings. The molecule has 0 saturated heterocycles. The SMILES string of the molecule is O=C1CCCC(S(=O)c2ccc3c(c2)OCCO3)C1. The average Bonchev–Trinajstić information content (AvgIpc) is 2.46. The molecule has 4 nitrogen and oxygen atoms in total. The molecule has 1 aliphatic carbocycles. The lowest BCUT2D eigenvalue weighted by Crippen LogP contribution is -2.24. The van der Waals surface area contributed by atoms with Gasteiger partial charge in [-0.25, -0.2) is 0 Å². The fraction of sp³-hybridized carbons (Fsp3) is 0.500. The first-order chi connectivity index (χ1) is 9.24. The van der Waals surface area contributed by atoms with Gasteiger partial charge in [-0.1, -0.05) is 0 Å². The second kappa shape index (κ2) is 5.33. The Bertz CT molecular complexity index is 526. The van der Waals surface area contributed by atoms with Crippen LogP contribution in [0.3, 0.4) is 0 Å². The third-order valence-electron chi connectivity index (χ3n) is 3.49. The van der Waals surface area contributed by atoms with E-state index in [0.29, 0.717) is 37.6 Å². The topological polar surface area (TPSA) is 52.6 Å². The van der Waals surface area contributed by atoms with Crippen LogP contribution in [0.25, 0.3) is 0 Å². The quantitative estimate of drug-likeness (QED) is 0.832. The molecule has 0 spiro atoms. The fourth-order valence-corrected chi connectivity index (χ4v) is 4.04. The number of ketones is 1. The highest BCUT2D eigenvalue weighted by Crippen LogP contribution is 2.33. The Morgan fingerprint density at radius 3 is 2.74 bits per heavy atom. The van der Waals surface area contributed by atoms with Crippen LogP contribution in [0.5, 0.6) is 11.5 Å². The molecular weight excluding hydrogens is 264 g/mol. The molecule has 19 heavy (non-hydrogen) atoms. The van der Waals surface area contributed by atoms with E-state index >= 15 is 0 Å². The van der Waals surface area contributed by atoms with Crippen molar-refractivity contribution in [1.29, 1.82) is 0 Å². The normalized spacial score (nSPS) is 24.0. The van der Waals surface area contributed by atoms with Crippen LogP contribution < -0.4 is 9.47 Å². The van der Waals surface area contributed by atoms with Crippen LogP contribution in [0.15, 0.2) is 23.1 Å². The third kappa shape index (κ3) is 2.66. The maximum absolute atomic E-state index is 12.5. The number of fused-ring (bicyclic) bond motifs is 1. The van der Waals surface area contributed by atoms with Gasteiger partial charge in [-0.05, 0) is 25.0 Å². The van der Waals surface area contributed by atoms with E-state index in [2.05, 4.69) is 0 Å². The maximum Gasteiger partial charge on any atom is 0.162 e. The Morgan fingerprint density at radius 2 is 1.95 bits per heavy atom. The molecule has 1 aliphatic heterocycles. The smallest absolute Gasteiger partial charge is 0.162 e. The van der Waals surface area contributed by atoms with Crippen LogP contribution in [-0.2, 0) is 15.6 Å². The molecule has 1 fully saturated rings. The van der Waals surface area contributed by atoms with Gasteiger partial charge in [0.05, 0.1) is 10.8 Å². The van der Waals surface area contributed by atoms with Crippen LogP contribution in [-0.4, -0.2) is 28.5 Å². The van der Waals surface area contributed by atoms with E-state index in [-0.39, 0.29) is 11.0 Å². The number of hydrogen-bond acceptors (Lipinski definition) is 4. The van der Waals surface area contributed by atoms with Crippen LogP contribution in [0.2, 0.25) is 0 Å². The van der Waals surface area contributed by atoms with Gasteiger partial charge < -0.3 is 9.47 Å². The van der Waals surface area contributed by atoms with E-state index in [4.69, 9.17) is 9.47 Å². The van der Waals surface area contributed by atoms with E-state index in [0.717, 1.165) is 17.7 Å². The molecule has 0 N–H and O–H groups in total. The molecule has 5 heteroatoms. The van der Waals surface area contributed by atoms with Gasteiger partial charge in [0.1, 0.15) is 19.0 Å².